The van der Waals surface area contributed by atoms with Gasteiger partial charge >= 0.3 is 6.18 Å². The molecule has 0 bridgehead atoms. The molecular formula is C19H20F3NO4S. The van der Waals surface area contributed by atoms with Crippen LogP contribution in [0.15, 0.2) is 47.4 Å². The first kappa shape index (κ1) is 20.6. The fourth-order valence-electron chi connectivity index (χ4n) is 3.37. The fourth-order valence-corrected chi connectivity index (χ4v) is 4.46. The molecule has 3 rings (SSSR count). The Hall–Kier alpha value is -2.10. The molecule has 0 spiro atoms. The Labute approximate surface area is 161 Å². The number of fused-ring (bicyclic) bond motifs is 1. The molecule has 0 heterocycles. The van der Waals surface area contributed by atoms with Gasteiger partial charge < -0.3 is 9.84 Å². The van der Waals surface area contributed by atoms with E-state index in [1.165, 1.54) is 7.11 Å². The maximum Gasteiger partial charge on any atom is 0.416 e. The van der Waals surface area contributed by atoms with Crippen LogP contribution in [0.1, 0.15) is 29.5 Å². The lowest BCUT2D eigenvalue weighted by atomic mass is 9.79. The van der Waals surface area contributed by atoms with Gasteiger partial charge in [-0.15, -0.1) is 0 Å². The summed E-state index contributed by atoms with van der Waals surface area (Å²) in [7, 11) is -2.54. The number of halogens is 3. The van der Waals surface area contributed by atoms with Crippen LogP contribution in [0.2, 0.25) is 0 Å². The number of nitrogens with one attached hydrogen (secondary N) is 1. The average molecular weight is 415 g/mol. The lowest BCUT2D eigenvalue weighted by Crippen LogP contribution is -2.42. The number of aliphatic hydroxyl groups is 1. The van der Waals surface area contributed by atoms with E-state index in [-0.39, 0.29) is 11.4 Å². The molecule has 5 nitrogen and oxygen atoms in total. The summed E-state index contributed by atoms with van der Waals surface area (Å²) >= 11 is 0. The van der Waals surface area contributed by atoms with Crippen molar-refractivity contribution in [2.24, 2.45) is 0 Å². The van der Waals surface area contributed by atoms with Crippen LogP contribution in [-0.2, 0) is 28.2 Å². The van der Waals surface area contributed by atoms with E-state index < -0.39 is 27.4 Å². The monoisotopic (exact) mass is 415 g/mol. The van der Waals surface area contributed by atoms with Crippen LogP contribution >= 0.6 is 0 Å². The van der Waals surface area contributed by atoms with Crippen LogP contribution in [0, 0.1) is 0 Å². The van der Waals surface area contributed by atoms with Gasteiger partial charge in [-0.3, -0.25) is 0 Å². The highest BCUT2D eigenvalue weighted by molar-refractivity contribution is 7.89. The number of rotatable bonds is 5. The second-order valence-electron chi connectivity index (χ2n) is 6.75. The van der Waals surface area contributed by atoms with Crippen LogP contribution < -0.4 is 9.46 Å². The summed E-state index contributed by atoms with van der Waals surface area (Å²) in [5.74, 6) is 0.647. The second-order valence-corrected chi connectivity index (χ2v) is 8.52. The third-order valence-electron chi connectivity index (χ3n) is 4.90. The highest BCUT2D eigenvalue weighted by atomic mass is 32.2. The summed E-state index contributed by atoms with van der Waals surface area (Å²) in [6, 6.07) is 8.43. The zero-order chi connectivity index (χ0) is 20.6. The molecule has 0 amide bonds. The van der Waals surface area contributed by atoms with E-state index >= 15 is 0 Å². The molecule has 0 fully saturated rings. The number of aryl methyl sites for hydroxylation is 1. The third kappa shape index (κ3) is 4.16. The number of ether oxygens (including phenoxy) is 1. The molecule has 0 aromatic heterocycles. The van der Waals surface area contributed by atoms with Crippen molar-refractivity contribution in [3.63, 3.8) is 0 Å². The smallest absolute Gasteiger partial charge is 0.416 e. The van der Waals surface area contributed by atoms with Gasteiger partial charge in [-0.05, 0) is 66.8 Å². The van der Waals surface area contributed by atoms with Gasteiger partial charge in [0, 0.05) is 6.54 Å². The van der Waals surface area contributed by atoms with Crippen LogP contribution in [0.4, 0.5) is 13.2 Å². The SMILES string of the molecule is COc1ccc2c(c1)CCCC2(O)CNS(=O)(=O)c1ccc(C(F)(F)F)cc1. The van der Waals surface area contributed by atoms with E-state index in [2.05, 4.69) is 4.72 Å². The standard InChI is InChI=1S/C19H20F3NO4S/c1-27-15-6-9-17-13(11-15)3-2-10-18(17,24)12-23-28(25,26)16-7-4-14(5-8-16)19(20,21)22/h4-9,11,23-24H,2-3,10,12H2,1H3. The Balaban J connectivity index is 1.80. The minimum Gasteiger partial charge on any atom is -0.497 e. The zero-order valence-corrected chi connectivity index (χ0v) is 15.9. The largest absolute Gasteiger partial charge is 0.497 e. The number of hydrogen-bond acceptors (Lipinski definition) is 4. The Morgan fingerprint density at radius 1 is 1.18 bits per heavy atom. The summed E-state index contributed by atoms with van der Waals surface area (Å²) in [6.07, 6.45) is -2.78. The molecular weight excluding hydrogens is 395 g/mol. The van der Waals surface area contributed by atoms with Crippen molar-refractivity contribution in [3.8, 4) is 5.75 Å². The van der Waals surface area contributed by atoms with Gasteiger partial charge in [0.05, 0.1) is 17.6 Å². The van der Waals surface area contributed by atoms with E-state index in [0.29, 0.717) is 36.3 Å². The number of benzene rings is 2. The van der Waals surface area contributed by atoms with Crippen molar-refractivity contribution in [2.45, 2.75) is 35.9 Å². The molecule has 0 saturated heterocycles. The summed E-state index contributed by atoms with van der Waals surface area (Å²) in [4.78, 5) is -0.296. The van der Waals surface area contributed by atoms with Crippen molar-refractivity contribution < 1.29 is 31.4 Å². The quantitative estimate of drug-likeness (QED) is 0.786. The van der Waals surface area contributed by atoms with Crippen LogP contribution in [0.5, 0.6) is 5.75 Å². The van der Waals surface area contributed by atoms with Crippen LogP contribution in [0.25, 0.3) is 0 Å². The van der Waals surface area contributed by atoms with Crippen molar-refractivity contribution in [1.29, 1.82) is 0 Å². The molecule has 9 heteroatoms. The Bertz CT molecular complexity index is 958. The van der Waals surface area contributed by atoms with Crippen LogP contribution in [-0.4, -0.2) is 27.2 Å². The van der Waals surface area contributed by atoms with Crippen LogP contribution in [0.3, 0.4) is 0 Å². The lowest BCUT2D eigenvalue weighted by molar-refractivity contribution is -0.137. The van der Waals surface area contributed by atoms with Gasteiger partial charge in [-0.2, -0.15) is 13.2 Å². The molecule has 1 atom stereocenters. The van der Waals surface area contributed by atoms with E-state index in [1.807, 2.05) is 6.07 Å². The van der Waals surface area contributed by atoms with Crippen molar-refractivity contribution in [2.75, 3.05) is 13.7 Å². The molecule has 2 N–H and O–H groups in total. The molecule has 0 saturated carbocycles. The molecule has 152 valence electrons. The normalized spacial score (nSPS) is 19.9. The molecule has 1 unspecified atom stereocenters. The zero-order valence-electron chi connectivity index (χ0n) is 15.1. The van der Waals surface area contributed by atoms with E-state index in [0.717, 1.165) is 24.1 Å². The van der Waals surface area contributed by atoms with Gasteiger partial charge in [-0.1, -0.05) is 6.07 Å². The maximum atomic E-state index is 12.6. The molecule has 1 aliphatic carbocycles. The molecule has 2 aromatic carbocycles. The van der Waals surface area contributed by atoms with Gasteiger partial charge in [0.15, 0.2) is 0 Å². The minimum absolute atomic E-state index is 0.282. The predicted molar refractivity (Wildman–Crippen MR) is 96.5 cm³/mol. The Morgan fingerprint density at radius 3 is 2.46 bits per heavy atom. The molecule has 2 aromatic rings. The number of sulfonamides is 1. The first-order chi connectivity index (χ1) is 13.0. The summed E-state index contributed by atoms with van der Waals surface area (Å²) < 4.78 is 70.4. The summed E-state index contributed by atoms with van der Waals surface area (Å²) in [5.41, 5.74) is -0.838. The minimum atomic E-state index is -4.54. The predicted octanol–water partition coefficient (Wildman–Crippen LogP) is 3.22. The molecule has 28 heavy (non-hydrogen) atoms. The first-order valence-electron chi connectivity index (χ1n) is 8.62. The molecule has 0 aliphatic heterocycles. The highest BCUT2D eigenvalue weighted by Crippen LogP contribution is 2.37. The summed E-state index contributed by atoms with van der Waals surface area (Å²) in [6.45, 7) is -0.282. The third-order valence-corrected chi connectivity index (χ3v) is 6.31. The summed E-state index contributed by atoms with van der Waals surface area (Å²) in [5, 5.41) is 11.0. The van der Waals surface area contributed by atoms with E-state index in [4.69, 9.17) is 4.74 Å². The van der Waals surface area contributed by atoms with Gasteiger partial charge in [-0.25, -0.2) is 13.1 Å². The number of alkyl halides is 3. The van der Waals surface area contributed by atoms with Gasteiger partial charge in [0.1, 0.15) is 11.4 Å². The fraction of sp³-hybridized carbons (Fsp3) is 0.368. The van der Waals surface area contributed by atoms with E-state index in [1.54, 1.807) is 12.1 Å². The maximum absolute atomic E-state index is 12.6. The van der Waals surface area contributed by atoms with Gasteiger partial charge in [0.25, 0.3) is 0 Å². The lowest BCUT2D eigenvalue weighted by Gasteiger charge is -2.34. The number of hydrogen-bond donors (Lipinski definition) is 2. The molecule has 1 aliphatic rings. The highest BCUT2D eigenvalue weighted by Gasteiger charge is 2.36. The van der Waals surface area contributed by atoms with Gasteiger partial charge in [0.2, 0.25) is 10.0 Å². The molecule has 0 radical (unpaired) electrons. The van der Waals surface area contributed by atoms with Crippen molar-refractivity contribution in [1.82, 2.24) is 4.72 Å². The first-order valence-corrected chi connectivity index (χ1v) is 10.1. The van der Waals surface area contributed by atoms with Crippen molar-refractivity contribution in [3.05, 3.63) is 59.2 Å². The average Bonchev–Trinajstić information content (AvgIpc) is 2.66. The second kappa shape index (κ2) is 7.38. The van der Waals surface area contributed by atoms with E-state index in [9.17, 15) is 26.7 Å². The number of methoxy groups -OCH3 is 1. The topological polar surface area (TPSA) is 75.6 Å². The Morgan fingerprint density at radius 2 is 1.86 bits per heavy atom. The Kier molecular flexibility index (Phi) is 5.44. The van der Waals surface area contributed by atoms with Crippen molar-refractivity contribution >= 4 is 10.0 Å².